The van der Waals surface area contributed by atoms with E-state index in [2.05, 4.69) is 20.9 Å². The number of anilines is 1. The highest BCUT2D eigenvalue weighted by atomic mass is 19.1. The van der Waals surface area contributed by atoms with Gasteiger partial charge in [0.1, 0.15) is 24.7 Å². The second-order valence-electron chi connectivity index (χ2n) is 6.95. The number of nitrogens with two attached hydrogens (primary N) is 1. The van der Waals surface area contributed by atoms with Gasteiger partial charge < -0.3 is 25.1 Å². The Kier molecular flexibility index (Phi) is 5.50. The zero-order chi connectivity index (χ0) is 23.8. The monoisotopic (exact) mass is 458 g/mol. The van der Waals surface area contributed by atoms with Crippen LogP contribution in [0.25, 0.3) is 11.2 Å². The number of nitro groups is 1. The number of ether oxygens (including phenoxy) is 3. The number of aliphatic hydroxyl groups excluding tert-OH is 1. The largest absolute Gasteiger partial charge is 0.513 e. The molecule has 1 saturated heterocycles. The Hall–Kier alpha value is -4.35. The van der Waals surface area contributed by atoms with Crippen LogP contribution >= 0.6 is 0 Å². The summed E-state index contributed by atoms with van der Waals surface area (Å²) in [4.78, 5) is 33.2. The summed E-state index contributed by atoms with van der Waals surface area (Å²) in [6.07, 6.45) is 2.34. The number of carbonyl (C=O) groups is 1. The van der Waals surface area contributed by atoms with E-state index in [1.54, 1.807) is 0 Å². The van der Waals surface area contributed by atoms with Gasteiger partial charge in [-0.15, -0.1) is 6.42 Å². The first kappa shape index (κ1) is 21.9. The molecule has 3 atom stereocenters. The van der Waals surface area contributed by atoms with Gasteiger partial charge in [-0.3, -0.25) is 14.7 Å². The highest BCUT2D eigenvalue weighted by molar-refractivity contribution is 5.81. The Bertz CT molecular complexity index is 1270. The van der Waals surface area contributed by atoms with Crippen LogP contribution in [0.2, 0.25) is 0 Å². The number of fused-ring (bicyclic) bond motifs is 1. The fraction of sp³-hybridized carbons (Fsp3) is 0.263. The van der Waals surface area contributed by atoms with Crippen molar-refractivity contribution >= 4 is 28.8 Å². The Morgan fingerprint density at radius 2 is 2.18 bits per heavy atom. The third-order valence-corrected chi connectivity index (χ3v) is 4.94. The topological polar surface area (TPSA) is 178 Å². The summed E-state index contributed by atoms with van der Waals surface area (Å²) in [5.41, 5.74) is 3.89. The van der Waals surface area contributed by atoms with E-state index in [4.69, 9.17) is 26.4 Å². The smallest absolute Gasteiger partial charge is 0.430 e. The maximum absolute atomic E-state index is 13.6. The third-order valence-electron chi connectivity index (χ3n) is 4.94. The molecule has 1 aliphatic rings. The lowest BCUT2D eigenvalue weighted by atomic mass is 9.99. The molecule has 33 heavy (non-hydrogen) atoms. The van der Waals surface area contributed by atoms with E-state index in [1.165, 1.54) is 23.0 Å². The van der Waals surface area contributed by atoms with Gasteiger partial charge in [-0.05, 0) is 12.1 Å². The van der Waals surface area contributed by atoms with Gasteiger partial charge in [0.15, 0.2) is 22.6 Å². The van der Waals surface area contributed by atoms with Gasteiger partial charge in [-0.2, -0.15) is 14.4 Å². The first-order valence-corrected chi connectivity index (χ1v) is 9.30. The number of nitro benzene ring substituents is 1. The number of hydrogen-bond donors (Lipinski definition) is 2. The van der Waals surface area contributed by atoms with Crippen LogP contribution in [-0.4, -0.2) is 54.0 Å². The number of aromatic nitrogens is 4. The predicted octanol–water partition coefficient (Wildman–Crippen LogP) is 1.32. The molecule has 0 spiro atoms. The summed E-state index contributed by atoms with van der Waals surface area (Å²) in [6, 6.07) is 4.72. The molecule has 3 heterocycles. The first-order chi connectivity index (χ1) is 15.7. The highest BCUT2D eigenvalue weighted by Crippen LogP contribution is 2.38. The Morgan fingerprint density at radius 1 is 1.45 bits per heavy atom. The molecule has 0 radical (unpaired) electrons. The molecule has 4 rings (SSSR count). The zero-order valence-electron chi connectivity index (χ0n) is 16.6. The van der Waals surface area contributed by atoms with Crippen molar-refractivity contribution in [2.45, 2.75) is 24.4 Å². The summed E-state index contributed by atoms with van der Waals surface area (Å²) in [5.74, 6) is 2.11. The molecule has 1 aromatic carbocycles. The third kappa shape index (κ3) is 4.10. The Morgan fingerprint density at radius 3 is 2.85 bits per heavy atom. The number of non-ortho nitro benzene ring substituents is 1. The van der Waals surface area contributed by atoms with Gasteiger partial charge in [-0.25, -0.2) is 9.78 Å². The van der Waals surface area contributed by atoms with Crippen molar-refractivity contribution < 1.29 is 33.4 Å². The van der Waals surface area contributed by atoms with Gasteiger partial charge in [0, 0.05) is 18.6 Å². The Balaban J connectivity index is 1.46. The fourth-order valence-corrected chi connectivity index (χ4v) is 3.27. The number of terminal acetylenes is 1. The van der Waals surface area contributed by atoms with Crippen molar-refractivity contribution in [3.8, 4) is 18.1 Å². The van der Waals surface area contributed by atoms with Crippen LogP contribution in [0.3, 0.4) is 0 Å². The summed E-state index contributed by atoms with van der Waals surface area (Å²) in [6.45, 7) is -0.578. The predicted molar refractivity (Wildman–Crippen MR) is 107 cm³/mol. The number of halogens is 1. The van der Waals surface area contributed by atoms with Crippen molar-refractivity contribution in [3.05, 3.63) is 46.8 Å². The SMILES string of the molecule is C#C[C@]1(COC(=O)Oc2ccc([N+](=O)[O-])cc2)OC(n2cnc3c(N)nc(F)nc32)C[C@@H]1O. The van der Waals surface area contributed by atoms with E-state index in [0.717, 1.165) is 12.1 Å². The van der Waals surface area contributed by atoms with Crippen LogP contribution in [0.15, 0.2) is 30.6 Å². The number of benzene rings is 1. The molecule has 0 aliphatic carbocycles. The lowest BCUT2D eigenvalue weighted by Crippen LogP contribution is -2.43. The second kappa shape index (κ2) is 8.30. The lowest BCUT2D eigenvalue weighted by Gasteiger charge is -2.25. The summed E-state index contributed by atoms with van der Waals surface area (Å²) < 4.78 is 30.7. The molecular weight excluding hydrogens is 443 g/mol. The summed E-state index contributed by atoms with van der Waals surface area (Å²) in [7, 11) is 0. The molecule has 1 aliphatic heterocycles. The molecule has 13 nitrogen and oxygen atoms in total. The minimum Gasteiger partial charge on any atom is -0.430 e. The van der Waals surface area contributed by atoms with E-state index in [-0.39, 0.29) is 34.8 Å². The average Bonchev–Trinajstić information content (AvgIpc) is 3.34. The average molecular weight is 458 g/mol. The van der Waals surface area contributed by atoms with Crippen molar-refractivity contribution in [3.63, 3.8) is 0 Å². The van der Waals surface area contributed by atoms with E-state index >= 15 is 0 Å². The standard InChI is InChI=1S/C19H15FN6O7/c1-2-19(8-31-18(28)32-11-5-3-10(4-6-11)26(29)30)12(27)7-13(33-19)25-9-22-14-15(21)23-17(20)24-16(14)25/h1,3-6,9,12-13,27H,7-8H2,(H2,21,23,24)/t12-,13?,19+/m0/s1. The Labute approximate surface area is 184 Å². The van der Waals surface area contributed by atoms with Gasteiger partial charge in [-0.1, -0.05) is 5.92 Å². The van der Waals surface area contributed by atoms with E-state index in [0.29, 0.717) is 0 Å². The van der Waals surface area contributed by atoms with Gasteiger partial charge in [0.25, 0.3) is 5.69 Å². The molecule has 1 fully saturated rings. The first-order valence-electron chi connectivity index (χ1n) is 9.30. The van der Waals surface area contributed by atoms with Crippen LogP contribution < -0.4 is 10.5 Å². The minimum atomic E-state index is -1.74. The maximum atomic E-state index is 13.6. The number of nitrogen functional groups attached to an aromatic ring is 1. The molecule has 0 bridgehead atoms. The van der Waals surface area contributed by atoms with Crippen molar-refractivity contribution in [1.29, 1.82) is 0 Å². The molecule has 0 saturated carbocycles. The lowest BCUT2D eigenvalue weighted by molar-refractivity contribution is -0.384. The van der Waals surface area contributed by atoms with Gasteiger partial charge in [0.2, 0.25) is 0 Å². The molecule has 1 unspecified atom stereocenters. The molecule has 170 valence electrons. The van der Waals surface area contributed by atoms with Crippen molar-refractivity contribution in [1.82, 2.24) is 19.5 Å². The molecule has 14 heteroatoms. The van der Waals surface area contributed by atoms with Gasteiger partial charge >= 0.3 is 12.2 Å². The maximum Gasteiger partial charge on any atom is 0.513 e. The van der Waals surface area contributed by atoms with Crippen molar-refractivity contribution in [2.24, 2.45) is 0 Å². The second-order valence-corrected chi connectivity index (χ2v) is 6.95. The molecule has 2 aromatic heterocycles. The summed E-state index contributed by atoms with van der Waals surface area (Å²) in [5, 5.41) is 21.2. The van der Waals surface area contributed by atoms with Crippen LogP contribution in [-0.2, 0) is 9.47 Å². The highest BCUT2D eigenvalue weighted by Gasteiger charge is 2.49. The molecule has 0 amide bonds. The molecule has 3 N–H and O–H groups in total. The number of imidazole rings is 1. The number of hydrogen-bond acceptors (Lipinski definition) is 11. The number of aliphatic hydroxyl groups is 1. The zero-order valence-corrected chi connectivity index (χ0v) is 16.6. The van der Waals surface area contributed by atoms with Crippen LogP contribution in [0.5, 0.6) is 5.75 Å². The number of carbonyl (C=O) groups excluding carboxylic acids is 1. The fourth-order valence-electron chi connectivity index (χ4n) is 3.27. The quantitative estimate of drug-likeness (QED) is 0.141. The minimum absolute atomic E-state index is 0.00434. The van der Waals surface area contributed by atoms with E-state index < -0.39 is 41.7 Å². The van der Waals surface area contributed by atoms with E-state index in [9.17, 15) is 24.4 Å². The summed E-state index contributed by atoms with van der Waals surface area (Å²) >= 11 is 0. The van der Waals surface area contributed by atoms with Crippen molar-refractivity contribution in [2.75, 3.05) is 12.3 Å². The van der Waals surface area contributed by atoms with Gasteiger partial charge in [0.05, 0.1) is 11.3 Å². The molecule has 3 aromatic rings. The van der Waals surface area contributed by atoms with Crippen LogP contribution in [0.1, 0.15) is 12.6 Å². The van der Waals surface area contributed by atoms with Crippen LogP contribution in [0, 0.1) is 28.5 Å². The number of nitrogens with zero attached hydrogens (tertiary/aromatic N) is 5. The normalized spacial score (nSPS) is 22.1. The number of rotatable bonds is 5. The van der Waals surface area contributed by atoms with E-state index in [1.807, 2.05) is 0 Å². The van der Waals surface area contributed by atoms with Crippen LogP contribution in [0.4, 0.5) is 20.7 Å². The molecular formula is C19H15FN6O7.